The molecule has 810 valence electrons. The van der Waals surface area contributed by atoms with Gasteiger partial charge in [-0.15, -0.1) is 118 Å². The topological polar surface area (TPSA) is 289 Å². The molecule has 0 aromatic heterocycles. The van der Waals surface area contributed by atoms with Gasteiger partial charge in [0.15, 0.2) is 0 Å². The third-order valence-corrected chi connectivity index (χ3v) is 43.2. The Labute approximate surface area is 830 Å². The SMILES string of the molecule is CC(=O)OCC1SC2(SCC1COC(=O)C(F)(F)F)C1CC3CC2CC(OC(=O)C(C)(C)F)(C3)C1.CC(F)(F)C(=O)OC1CCCC12SCC(COC(=O)C(F)(F)F)S2.CC(F)(F)C(=O)OC1CCCC12SCC(COC(=O)CC(F)(F)C(F)(F)F)S2.CC(F)(F)C(=O)OC1CCCC12SCC(COC(=O)CC(F)(F)F)S2.CC(F)(F)C(=O)OC1CCCCC12SCC(COC(=O)C(F)(F)CC(F)(F)F)S2. The molecule has 4 bridgehead atoms. The van der Waals surface area contributed by atoms with E-state index in [-0.39, 0.29) is 45.4 Å². The summed E-state index contributed by atoms with van der Waals surface area (Å²) in [5.74, 6) is -39.8. The van der Waals surface area contributed by atoms with Crippen molar-refractivity contribution in [3.8, 4) is 0 Å². The maximum absolute atomic E-state index is 14.2. The van der Waals surface area contributed by atoms with Gasteiger partial charge in [0, 0.05) is 95.6 Å². The molecule has 8 saturated carbocycles. The molecule has 5 heterocycles. The zero-order chi connectivity index (χ0) is 106. The fourth-order valence-electron chi connectivity index (χ4n) is 17.2. The number of rotatable bonds is 27. The Morgan fingerprint density at radius 1 is 0.340 bits per heavy atom. The summed E-state index contributed by atoms with van der Waals surface area (Å²) >= 11 is 13.5. The van der Waals surface area contributed by atoms with Crippen LogP contribution in [0.5, 0.6) is 0 Å². The van der Waals surface area contributed by atoms with Crippen molar-refractivity contribution in [2.24, 2.45) is 23.7 Å². The van der Waals surface area contributed by atoms with Crippen molar-refractivity contribution in [3.05, 3.63) is 0 Å². The first-order valence-electron chi connectivity index (χ1n) is 43.2. The largest absolute Gasteiger partial charge is 0.490 e. The first kappa shape index (κ1) is 122. The van der Waals surface area contributed by atoms with E-state index in [1.54, 1.807) is 23.5 Å². The van der Waals surface area contributed by atoms with Gasteiger partial charge < -0.3 is 52.1 Å². The van der Waals surface area contributed by atoms with E-state index in [0.717, 1.165) is 37.4 Å². The average Bonchev–Trinajstić information content (AvgIpc) is 1.11. The fraction of sp³-hybridized carbons (Fsp3) is 0.864. The Hall–Kier alpha value is -4.29. The lowest BCUT2D eigenvalue weighted by Crippen LogP contribution is -2.64. The molecule has 16 unspecified atom stereocenters. The van der Waals surface area contributed by atoms with Crippen molar-refractivity contribution in [3.63, 3.8) is 0 Å². The highest BCUT2D eigenvalue weighted by Gasteiger charge is 2.68. The first-order chi connectivity index (χ1) is 64.3. The number of hydrogen-bond acceptors (Lipinski definition) is 32. The Morgan fingerprint density at radius 3 is 1.01 bits per heavy atom. The number of halogens is 28. The summed E-state index contributed by atoms with van der Waals surface area (Å²) in [5.41, 5.74) is -2.76. The highest BCUT2D eigenvalue weighted by Crippen LogP contribution is 2.72. The number of carbonyl (C=O) groups excluding carboxylic acids is 11. The minimum absolute atomic E-state index is 0.00951. The number of thioether (sulfide) groups is 10. The monoisotopic (exact) mass is 2270 g/mol. The third-order valence-electron chi connectivity index (χ3n) is 23.4. The lowest BCUT2D eigenvalue weighted by atomic mass is 9.53. The van der Waals surface area contributed by atoms with Gasteiger partial charge in [0.05, 0.1) is 27.0 Å². The molecule has 22 nitrogen and oxygen atoms in total. The molecular formula is C81H98F28O22S10. The second-order valence-electron chi connectivity index (χ2n) is 36.0. The zero-order valence-electron chi connectivity index (χ0n) is 75.3. The molecule has 0 amide bonds. The molecule has 141 heavy (non-hydrogen) atoms. The molecule has 13 rings (SSSR count). The second kappa shape index (κ2) is 47.1. The van der Waals surface area contributed by atoms with Crippen LogP contribution in [0.2, 0.25) is 0 Å². The molecule has 5 aliphatic heterocycles. The van der Waals surface area contributed by atoms with Crippen LogP contribution in [0, 0.1) is 23.7 Å². The quantitative estimate of drug-likeness (QED) is 0.0419. The van der Waals surface area contributed by atoms with Crippen LogP contribution in [0.3, 0.4) is 0 Å². The molecule has 13 fully saturated rings. The number of esters is 11. The summed E-state index contributed by atoms with van der Waals surface area (Å²) in [7, 11) is 0. The molecule has 8 aliphatic carbocycles. The second-order valence-corrected chi connectivity index (χ2v) is 52.0. The standard InChI is InChI=1S/C23H30F4O6S2.C16H19F7O4S2.C15H17F7O4S2.C14H17F5O4S2.C13H15F5O4S2/c1-12(28)31-10-17-14(9-32-19(30)23(25,26)27)11-34-22(35-17)15-4-13-5-16(22)8-21(6-13,7-15)33-18(29)20(2,3)24;1-13(17,18)11(24)27-10-4-2-3-5-15(10)28-7-9(29-15)6-26-12(25)14(19,20)8-16(21,22)23;1-12(16,17)11(24)26-9-3-2-4-13(9)27-7-8(28-13)6-25-10(23)5-14(18,19)15(20,21)22;1-12(15,16)11(21)23-9-3-2-4-13(9)24-7-8(25-13)6-22-10(20)5-14(17,18)19;1-11(14,15)9(19)22-8-3-2-4-12(8)23-6-7(24-12)5-21-10(20)13(16,17)18/h13-17H,4-11H2,1-3H3;9-10H,2-8H2,1H3;8-9H,2-7H2,1H3;8-9H,2-7H2,1H3;7-8H,2-6H2,1H3. The molecule has 0 radical (unpaired) electrons. The highest BCUT2D eigenvalue weighted by molar-refractivity contribution is 8.23. The molecule has 0 N–H and O–H groups in total. The molecule has 0 aromatic carbocycles. The normalized spacial score (nSPS) is 31.5. The van der Waals surface area contributed by atoms with E-state index < -0.39 is 251 Å². The van der Waals surface area contributed by atoms with Crippen LogP contribution >= 0.6 is 118 Å². The number of carbonyl (C=O) groups is 11. The smallest absolute Gasteiger partial charge is 0.465 e. The minimum atomic E-state index is -5.85. The van der Waals surface area contributed by atoms with E-state index in [4.69, 9.17) is 28.4 Å². The molecule has 5 saturated heterocycles. The van der Waals surface area contributed by atoms with E-state index in [1.807, 2.05) is 0 Å². The molecule has 5 spiro atoms. The molecule has 60 heteroatoms. The van der Waals surface area contributed by atoms with Crippen molar-refractivity contribution in [2.75, 3.05) is 68.4 Å². The Morgan fingerprint density at radius 2 is 0.681 bits per heavy atom. The zero-order valence-corrected chi connectivity index (χ0v) is 83.4. The van der Waals surface area contributed by atoms with E-state index in [2.05, 4.69) is 23.7 Å². The maximum atomic E-state index is 14.2. The van der Waals surface area contributed by atoms with Crippen molar-refractivity contribution >= 4 is 183 Å². The van der Waals surface area contributed by atoms with E-state index in [1.165, 1.54) is 103 Å². The van der Waals surface area contributed by atoms with Crippen molar-refractivity contribution < 1.29 is 228 Å². The first-order valence-corrected chi connectivity index (χ1v) is 52.5. The van der Waals surface area contributed by atoms with Gasteiger partial charge in [-0.3, -0.25) is 14.4 Å². The van der Waals surface area contributed by atoms with Crippen LogP contribution in [-0.4, -0.2) is 283 Å². The van der Waals surface area contributed by atoms with Gasteiger partial charge in [-0.2, -0.15) is 119 Å². The molecule has 0 aromatic rings. The van der Waals surface area contributed by atoms with Gasteiger partial charge in [0.1, 0.15) is 82.3 Å². The van der Waals surface area contributed by atoms with Crippen molar-refractivity contribution in [2.45, 2.75) is 332 Å². The minimum Gasteiger partial charge on any atom is -0.465 e. The van der Waals surface area contributed by atoms with Crippen LogP contribution < -0.4 is 0 Å². The van der Waals surface area contributed by atoms with Gasteiger partial charge in [-0.05, 0) is 141 Å². The lowest BCUT2D eigenvalue weighted by molar-refractivity contribution is -0.283. The summed E-state index contributed by atoms with van der Waals surface area (Å²) in [5, 5.41) is -2.03. The molecule has 13 aliphatic rings. The van der Waals surface area contributed by atoms with Crippen molar-refractivity contribution in [1.82, 2.24) is 0 Å². The summed E-state index contributed by atoms with van der Waals surface area (Å²) in [4.78, 5) is 125. The number of alkyl halides is 28. The lowest BCUT2D eigenvalue weighted by Gasteiger charge is -2.65. The van der Waals surface area contributed by atoms with E-state index in [9.17, 15) is 176 Å². The maximum Gasteiger partial charge on any atom is 0.490 e. The number of hydrogen-bond donors (Lipinski definition) is 0. The van der Waals surface area contributed by atoms with Gasteiger partial charge >= 0.3 is 132 Å². The Kier molecular flexibility index (Phi) is 40.7. The third kappa shape index (κ3) is 34.1. The van der Waals surface area contributed by atoms with E-state index in [0.29, 0.717) is 147 Å². The molecule has 16 atom stereocenters. The summed E-state index contributed by atoms with van der Waals surface area (Å²) in [6.07, 6.45) is -24.3. The summed E-state index contributed by atoms with van der Waals surface area (Å²) in [6.45, 7) is 3.42. The van der Waals surface area contributed by atoms with Crippen LogP contribution in [0.15, 0.2) is 0 Å². The highest BCUT2D eigenvalue weighted by atomic mass is 32.2. The number of ether oxygens (including phenoxy) is 11. The van der Waals surface area contributed by atoms with Crippen LogP contribution in [0.25, 0.3) is 0 Å². The van der Waals surface area contributed by atoms with E-state index >= 15 is 0 Å². The van der Waals surface area contributed by atoms with Gasteiger partial charge in [-0.25, -0.2) is 42.7 Å². The van der Waals surface area contributed by atoms with Gasteiger partial charge in [0.2, 0.25) is 5.67 Å². The van der Waals surface area contributed by atoms with Crippen molar-refractivity contribution in [1.29, 1.82) is 0 Å². The predicted molar refractivity (Wildman–Crippen MR) is 461 cm³/mol. The van der Waals surface area contributed by atoms with Crippen LogP contribution in [-0.2, 0) is 105 Å². The Bertz CT molecular complexity index is 4350. The predicted octanol–water partition coefficient (Wildman–Crippen LogP) is 21.1. The fourth-order valence-corrected chi connectivity index (χ4v) is 36.9. The molecular weight excluding hydrogens is 2180 g/mol. The average molecular weight is 2280 g/mol. The van der Waals surface area contributed by atoms with Gasteiger partial charge in [0.25, 0.3) is 0 Å². The Balaban J connectivity index is 0.000000217. The van der Waals surface area contributed by atoms with Gasteiger partial charge in [-0.1, -0.05) is 6.42 Å². The van der Waals surface area contributed by atoms with Crippen LogP contribution in [0.4, 0.5) is 123 Å². The van der Waals surface area contributed by atoms with Crippen LogP contribution in [0.1, 0.15) is 183 Å². The summed E-state index contributed by atoms with van der Waals surface area (Å²) in [6, 6.07) is 0. The summed E-state index contributed by atoms with van der Waals surface area (Å²) < 4.78 is 404.